The SMILES string of the molecule is C[C@@H]1N=C(c2ccccn2)c2cc(Br)ccc2NC1=O. The fraction of sp³-hybridized carbons (Fsp3) is 0.133. The van der Waals surface area contributed by atoms with Crippen LogP contribution < -0.4 is 5.32 Å². The van der Waals surface area contributed by atoms with E-state index in [1.165, 1.54) is 0 Å². The van der Waals surface area contributed by atoms with E-state index in [2.05, 4.69) is 31.2 Å². The Morgan fingerprint density at radius 3 is 2.85 bits per heavy atom. The van der Waals surface area contributed by atoms with Gasteiger partial charge in [-0.1, -0.05) is 22.0 Å². The van der Waals surface area contributed by atoms with Gasteiger partial charge in [0.25, 0.3) is 0 Å². The second kappa shape index (κ2) is 5.17. The minimum atomic E-state index is -0.446. The van der Waals surface area contributed by atoms with Crippen molar-refractivity contribution in [2.45, 2.75) is 13.0 Å². The molecule has 1 aromatic heterocycles. The number of aliphatic imine (C=N–C) groups is 1. The van der Waals surface area contributed by atoms with Gasteiger partial charge in [-0.2, -0.15) is 0 Å². The zero-order valence-electron chi connectivity index (χ0n) is 10.8. The fourth-order valence-electron chi connectivity index (χ4n) is 2.09. The molecule has 5 heteroatoms. The predicted molar refractivity (Wildman–Crippen MR) is 82.1 cm³/mol. The Kier molecular flexibility index (Phi) is 3.36. The Morgan fingerprint density at radius 1 is 1.25 bits per heavy atom. The monoisotopic (exact) mass is 329 g/mol. The van der Waals surface area contributed by atoms with E-state index in [1.54, 1.807) is 13.1 Å². The van der Waals surface area contributed by atoms with Gasteiger partial charge in [-0.3, -0.25) is 14.8 Å². The molecule has 1 aliphatic heterocycles. The van der Waals surface area contributed by atoms with Gasteiger partial charge in [0.1, 0.15) is 6.04 Å². The summed E-state index contributed by atoms with van der Waals surface area (Å²) >= 11 is 3.46. The maximum absolute atomic E-state index is 12.0. The van der Waals surface area contributed by atoms with Crippen LogP contribution in [0.15, 0.2) is 52.1 Å². The van der Waals surface area contributed by atoms with Crippen LogP contribution in [-0.4, -0.2) is 22.6 Å². The zero-order valence-corrected chi connectivity index (χ0v) is 12.4. The second-order valence-electron chi connectivity index (χ2n) is 4.55. The van der Waals surface area contributed by atoms with Crippen molar-refractivity contribution in [3.05, 3.63) is 58.3 Å². The van der Waals surface area contributed by atoms with E-state index < -0.39 is 6.04 Å². The van der Waals surface area contributed by atoms with Gasteiger partial charge in [-0.05, 0) is 37.3 Å². The number of carbonyl (C=O) groups excluding carboxylic acids is 1. The van der Waals surface area contributed by atoms with Gasteiger partial charge < -0.3 is 5.32 Å². The summed E-state index contributed by atoms with van der Waals surface area (Å²) in [5.74, 6) is -0.112. The molecule has 0 saturated carbocycles. The minimum Gasteiger partial charge on any atom is -0.324 e. The molecule has 2 aromatic rings. The smallest absolute Gasteiger partial charge is 0.248 e. The van der Waals surface area contributed by atoms with E-state index in [0.717, 1.165) is 27.1 Å². The molecule has 100 valence electrons. The number of pyridine rings is 1. The molecule has 2 heterocycles. The average Bonchev–Trinajstić information content (AvgIpc) is 2.58. The Balaban J connectivity index is 2.23. The number of fused-ring (bicyclic) bond motifs is 1. The highest BCUT2D eigenvalue weighted by Gasteiger charge is 2.23. The first kappa shape index (κ1) is 13.0. The lowest BCUT2D eigenvalue weighted by Gasteiger charge is -2.09. The third-order valence-electron chi connectivity index (χ3n) is 3.10. The largest absolute Gasteiger partial charge is 0.324 e. The molecule has 3 rings (SSSR count). The molecule has 0 fully saturated rings. The summed E-state index contributed by atoms with van der Waals surface area (Å²) in [6, 6.07) is 10.9. The highest BCUT2D eigenvalue weighted by molar-refractivity contribution is 9.10. The number of aromatic nitrogens is 1. The van der Waals surface area contributed by atoms with Crippen LogP contribution in [0.4, 0.5) is 5.69 Å². The van der Waals surface area contributed by atoms with Crippen molar-refractivity contribution < 1.29 is 4.79 Å². The quantitative estimate of drug-likeness (QED) is 0.874. The van der Waals surface area contributed by atoms with Crippen LogP contribution in [0.1, 0.15) is 18.2 Å². The number of benzodiazepines with no additional fused rings is 1. The number of amides is 1. The highest BCUT2D eigenvalue weighted by atomic mass is 79.9. The average molecular weight is 330 g/mol. The Morgan fingerprint density at radius 2 is 2.10 bits per heavy atom. The molecule has 1 N–H and O–H groups in total. The first-order valence-corrected chi connectivity index (χ1v) is 7.04. The molecule has 0 unspecified atom stereocenters. The number of nitrogens with zero attached hydrogens (tertiary/aromatic N) is 2. The Bertz CT molecular complexity index is 698. The lowest BCUT2D eigenvalue weighted by atomic mass is 10.0. The molecule has 1 aliphatic rings. The molecule has 1 amide bonds. The van der Waals surface area contributed by atoms with Crippen LogP contribution in [0.25, 0.3) is 0 Å². The van der Waals surface area contributed by atoms with Crippen molar-refractivity contribution >= 4 is 33.2 Å². The minimum absolute atomic E-state index is 0.112. The van der Waals surface area contributed by atoms with Gasteiger partial charge >= 0.3 is 0 Å². The molecule has 0 radical (unpaired) electrons. The molecular weight excluding hydrogens is 318 g/mol. The molecule has 0 bridgehead atoms. The van der Waals surface area contributed by atoms with Gasteiger partial charge in [0.2, 0.25) is 5.91 Å². The van der Waals surface area contributed by atoms with Gasteiger partial charge in [0.05, 0.1) is 17.1 Å². The first-order chi connectivity index (χ1) is 9.65. The van der Waals surface area contributed by atoms with Crippen molar-refractivity contribution in [3.63, 3.8) is 0 Å². The number of anilines is 1. The Hall–Kier alpha value is -2.01. The summed E-state index contributed by atoms with van der Waals surface area (Å²) in [4.78, 5) is 20.9. The standard InChI is InChI=1S/C15H12BrN3O/c1-9-15(20)19-12-6-5-10(16)8-11(12)14(18-9)13-4-2-3-7-17-13/h2-9H,1H3,(H,19,20)/t9-/m0/s1. The fourth-order valence-corrected chi connectivity index (χ4v) is 2.45. The van der Waals surface area contributed by atoms with E-state index in [1.807, 2.05) is 36.4 Å². The molecule has 1 atom stereocenters. The molecular formula is C15H12BrN3O. The van der Waals surface area contributed by atoms with E-state index in [4.69, 9.17) is 0 Å². The van der Waals surface area contributed by atoms with Crippen molar-refractivity contribution in [1.29, 1.82) is 0 Å². The normalized spacial score (nSPS) is 17.8. The molecule has 0 saturated heterocycles. The number of carbonyl (C=O) groups is 1. The van der Waals surface area contributed by atoms with Crippen molar-refractivity contribution in [3.8, 4) is 0 Å². The second-order valence-corrected chi connectivity index (χ2v) is 5.46. The maximum Gasteiger partial charge on any atom is 0.248 e. The van der Waals surface area contributed by atoms with Gasteiger partial charge in [0.15, 0.2) is 0 Å². The molecule has 0 aliphatic carbocycles. The van der Waals surface area contributed by atoms with Crippen LogP contribution in [0.3, 0.4) is 0 Å². The topological polar surface area (TPSA) is 54.4 Å². The number of nitrogens with one attached hydrogen (secondary N) is 1. The third-order valence-corrected chi connectivity index (χ3v) is 3.60. The summed E-state index contributed by atoms with van der Waals surface area (Å²) in [6.45, 7) is 1.78. The number of benzene rings is 1. The van der Waals surface area contributed by atoms with Gasteiger partial charge in [-0.25, -0.2) is 0 Å². The molecule has 1 aromatic carbocycles. The highest BCUT2D eigenvalue weighted by Crippen LogP contribution is 2.26. The number of hydrogen-bond donors (Lipinski definition) is 1. The van der Waals surface area contributed by atoms with E-state index in [0.29, 0.717) is 0 Å². The van der Waals surface area contributed by atoms with E-state index in [-0.39, 0.29) is 5.91 Å². The number of rotatable bonds is 1. The first-order valence-electron chi connectivity index (χ1n) is 6.25. The zero-order chi connectivity index (χ0) is 14.1. The van der Waals surface area contributed by atoms with Gasteiger partial charge in [0, 0.05) is 16.2 Å². The van der Waals surface area contributed by atoms with Crippen LogP contribution in [0.5, 0.6) is 0 Å². The van der Waals surface area contributed by atoms with Crippen LogP contribution >= 0.6 is 15.9 Å². The lowest BCUT2D eigenvalue weighted by molar-refractivity contribution is -0.116. The maximum atomic E-state index is 12.0. The van der Waals surface area contributed by atoms with Crippen molar-refractivity contribution in [1.82, 2.24) is 4.98 Å². The molecule has 0 spiro atoms. The summed E-state index contributed by atoms with van der Waals surface area (Å²) < 4.78 is 0.934. The molecule has 4 nitrogen and oxygen atoms in total. The van der Waals surface area contributed by atoms with Crippen LogP contribution in [-0.2, 0) is 4.79 Å². The third kappa shape index (κ3) is 2.36. The predicted octanol–water partition coefficient (Wildman–Crippen LogP) is 3.02. The van der Waals surface area contributed by atoms with Gasteiger partial charge in [-0.15, -0.1) is 0 Å². The van der Waals surface area contributed by atoms with E-state index in [9.17, 15) is 4.79 Å². The van der Waals surface area contributed by atoms with Crippen molar-refractivity contribution in [2.24, 2.45) is 4.99 Å². The summed E-state index contributed by atoms with van der Waals surface area (Å²) in [5.41, 5.74) is 3.12. The Labute approximate surface area is 125 Å². The van der Waals surface area contributed by atoms with Crippen LogP contribution in [0.2, 0.25) is 0 Å². The van der Waals surface area contributed by atoms with E-state index >= 15 is 0 Å². The van der Waals surface area contributed by atoms with Crippen molar-refractivity contribution in [2.75, 3.05) is 5.32 Å². The summed E-state index contributed by atoms with van der Waals surface area (Å²) in [6.07, 6.45) is 1.72. The molecule has 20 heavy (non-hydrogen) atoms. The number of halogens is 1. The number of hydrogen-bond acceptors (Lipinski definition) is 3. The lowest BCUT2D eigenvalue weighted by Crippen LogP contribution is -2.22. The van der Waals surface area contributed by atoms with Crippen LogP contribution in [0, 0.1) is 0 Å². The summed E-state index contributed by atoms with van der Waals surface area (Å²) in [5, 5.41) is 2.90. The summed E-state index contributed by atoms with van der Waals surface area (Å²) in [7, 11) is 0.